The number of aromatic nitrogens is 2. The number of hydrogen-bond donors (Lipinski definition) is 2. The summed E-state index contributed by atoms with van der Waals surface area (Å²) in [7, 11) is -3.10. The van der Waals surface area contributed by atoms with E-state index in [0.29, 0.717) is 44.8 Å². The van der Waals surface area contributed by atoms with E-state index in [-0.39, 0.29) is 5.91 Å². The van der Waals surface area contributed by atoms with Crippen molar-refractivity contribution in [2.24, 2.45) is 0 Å². The van der Waals surface area contributed by atoms with Crippen LogP contribution in [0.4, 0.5) is 0 Å². The second kappa shape index (κ2) is 6.88. The third-order valence-corrected chi connectivity index (χ3v) is 5.50. The van der Waals surface area contributed by atoms with Crippen molar-refractivity contribution < 1.29 is 13.2 Å². The summed E-state index contributed by atoms with van der Waals surface area (Å²) >= 11 is 0. The van der Waals surface area contributed by atoms with Gasteiger partial charge in [0, 0.05) is 44.8 Å². The van der Waals surface area contributed by atoms with Gasteiger partial charge in [-0.15, -0.1) is 0 Å². The van der Waals surface area contributed by atoms with Gasteiger partial charge in [0.05, 0.1) is 23.6 Å². The summed E-state index contributed by atoms with van der Waals surface area (Å²) in [6.45, 7) is 3.60. The van der Waals surface area contributed by atoms with Gasteiger partial charge in [-0.3, -0.25) is 9.69 Å². The minimum Gasteiger partial charge on any atom is -0.351 e. The average molecular weight is 351 g/mol. The van der Waals surface area contributed by atoms with E-state index >= 15 is 0 Å². The SMILES string of the molecule is CS(=O)(=O)N1CCN(CCNC(=O)c2ccc3nc[nH]c3c2)CC1. The lowest BCUT2D eigenvalue weighted by Gasteiger charge is -2.33. The number of fused-ring (bicyclic) bond motifs is 1. The van der Waals surface area contributed by atoms with Gasteiger partial charge < -0.3 is 10.3 Å². The normalized spacial score (nSPS) is 17.2. The van der Waals surface area contributed by atoms with Crippen LogP contribution in [0.5, 0.6) is 0 Å². The number of piperazine rings is 1. The molecule has 0 atom stereocenters. The van der Waals surface area contributed by atoms with Crippen LogP contribution in [-0.2, 0) is 10.0 Å². The maximum atomic E-state index is 12.2. The number of aromatic amines is 1. The fourth-order valence-corrected chi connectivity index (χ4v) is 3.62. The zero-order valence-electron chi connectivity index (χ0n) is 13.5. The zero-order chi connectivity index (χ0) is 17.2. The molecule has 0 bridgehead atoms. The number of nitrogens with zero attached hydrogens (tertiary/aromatic N) is 3. The molecule has 2 N–H and O–H groups in total. The van der Waals surface area contributed by atoms with E-state index in [9.17, 15) is 13.2 Å². The van der Waals surface area contributed by atoms with Crippen molar-refractivity contribution in [3.63, 3.8) is 0 Å². The summed E-state index contributed by atoms with van der Waals surface area (Å²) in [4.78, 5) is 21.4. The van der Waals surface area contributed by atoms with Crippen molar-refractivity contribution in [1.29, 1.82) is 0 Å². The van der Waals surface area contributed by atoms with Crippen LogP contribution in [0.2, 0.25) is 0 Å². The second-order valence-corrected chi connectivity index (χ2v) is 7.88. The molecule has 1 fully saturated rings. The number of amides is 1. The fraction of sp³-hybridized carbons (Fsp3) is 0.467. The summed E-state index contributed by atoms with van der Waals surface area (Å²) in [5, 5.41) is 2.90. The Morgan fingerprint density at radius 1 is 1.29 bits per heavy atom. The fourth-order valence-electron chi connectivity index (χ4n) is 2.79. The molecule has 1 aliphatic rings. The summed E-state index contributed by atoms with van der Waals surface area (Å²) < 4.78 is 24.4. The zero-order valence-corrected chi connectivity index (χ0v) is 14.3. The first kappa shape index (κ1) is 16.9. The van der Waals surface area contributed by atoms with Crippen LogP contribution in [0.15, 0.2) is 24.5 Å². The first-order valence-corrected chi connectivity index (χ1v) is 9.67. The molecule has 0 spiro atoms. The van der Waals surface area contributed by atoms with E-state index in [1.54, 1.807) is 18.5 Å². The van der Waals surface area contributed by atoms with Gasteiger partial charge in [-0.05, 0) is 18.2 Å². The molecule has 8 nitrogen and oxygen atoms in total. The Morgan fingerprint density at radius 2 is 2.04 bits per heavy atom. The van der Waals surface area contributed by atoms with Crippen molar-refractivity contribution in [2.75, 3.05) is 45.5 Å². The Balaban J connectivity index is 1.46. The van der Waals surface area contributed by atoms with Gasteiger partial charge in [-0.2, -0.15) is 4.31 Å². The van der Waals surface area contributed by atoms with E-state index in [2.05, 4.69) is 20.2 Å². The topological polar surface area (TPSA) is 98.4 Å². The molecule has 2 heterocycles. The molecular weight excluding hydrogens is 330 g/mol. The molecule has 1 saturated heterocycles. The van der Waals surface area contributed by atoms with Crippen molar-refractivity contribution in [1.82, 2.24) is 24.5 Å². The third kappa shape index (κ3) is 3.92. The quantitative estimate of drug-likeness (QED) is 0.782. The molecule has 3 rings (SSSR count). The molecular formula is C15H21N5O3S. The number of H-pyrrole nitrogens is 1. The van der Waals surface area contributed by atoms with Gasteiger partial charge in [0.2, 0.25) is 10.0 Å². The minimum atomic E-state index is -3.10. The Hall–Kier alpha value is -1.97. The van der Waals surface area contributed by atoms with Crippen LogP contribution in [0.3, 0.4) is 0 Å². The van der Waals surface area contributed by atoms with Gasteiger partial charge in [0.15, 0.2) is 0 Å². The number of carbonyl (C=O) groups excluding carboxylic acids is 1. The molecule has 1 aliphatic heterocycles. The van der Waals surface area contributed by atoms with E-state index < -0.39 is 10.0 Å². The number of hydrogen-bond acceptors (Lipinski definition) is 5. The molecule has 1 aromatic heterocycles. The average Bonchev–Trinajstić information content (AvgIpc) is 3.02. The predicted octanol–water partition coefficient (Wildman–Crippen LogP) is -0.130. The van der Waals surface area contributed by atoms with Gasteiger partial charge in [0.1, 0.15) is 0 Å². The second-order valence-electron chi connectivity index (χ2n) is 5.89. The molecule has 24 heavy (non-hydrogen) atoms. The van der Waals surface area contributed by atoms with Crippen LogP contribution in [-0.4, -0.2) is 79.0 Å². The van der Waals surface area contributed by atoms with E-state index in [4.69, 9.17) is 0 Å². The molecule has 0 saturated carbocycles. The van der Waals surface area contributed by atoms with Gasteiger partial charge in [0.25, 0.3) is 5.91 Å². The highest BCUT2D eigenvalue weighted by Crippen LogP contribution is 2.11. The lowest BCUT2D eigenvalue weighted by molar-refractivity contribution is 0.0945. The van der Waals surface area contributed by atoms with Crippen LogP contribution >= 0.6 is 0 Å². The van der Waals surface area contributed by atoms with E-state index in [0.717, 1.165) is 11.0 Å². The van der Waals surface area contributed by atoms with E-state index in [1.807, 2.05) is 6.07 Å². The summed E-state index contributed by atoms with van der Waals surface area (Å²) in [5.41, 5.74) is 2.25. The molecule has 9 heteroatoms. The number of rotatable bonds is 5. The van der Waals surface area contributed by atoms with Gasteiger partial charge in [-0.1, -0.05) is 0 Å². The summed E-state index contributed by atoms with van der Waals surface area (Å²) in [6, 6.07) is 5.34. The lowest BCUT2D eigenvalue weighted by atomic mass is 10.2. The molecule has 2 aromatic rings. The first-order valence-electron chi connectivity index (χ1n) is 7.82. The highest BCUT2D eigenvalue weighted by Gasteiger charge is 2.22. The standard InChI is InChI=1S/C15H21N5O3S/c1-24(22,23)20-8-6-19(7-9-20)5-4-16-15(21)12-2-3-13-14(10-12)18-11-17-13/h2-3,10-11H,4-9H2,1H3,(H,16,21)(H,17,18). The molecule has 0 radical (unpaired) electrons. The van der Waals surface area contributed by atoms with Crippen molar-refractivity contribution in [2.45, 2.75) is 0 Å². The van der Waals surface area contributed by atoms with Crippen LogP contribution in [0.1, 0.15) is 10.4 Å². The maximum absolute atomic E-state index is 12.2. The Kier molecular flexibility index (Phi) is 4.83. The molecule has 0 aliphatic carbocycles. The summed E-state index contributed by atoms with van der Waals surface area (Å²) in [5.74, 6) is -0.124. The number of nitrogens with one attached hydrogen (secondary N) is 2. The third-order valence-electron chi connectivity index (χ3n) is 4.20. The Bertz CT molecular complexity index is 825. The van der Waals surface area contributed by atoms with Gasteiger partial charge >= 0.3 is 0 Å². The molecule has 130 valence electrons. The van der Waals surface area contributed by atoms with E-state index in [1.165, 1.54) is 10.6 Å². The largest absolute Gasteiger partial charge is 0.351 e. The molecule has 1 amide bonds. The summed E-state index contributed by atoms with van der Waals surface area (Å²) in [6.07, 6.45) is 2.84. The van der Waals surface area contributed by atoms with Crippen molar-refractivity contribution in [3.8, 4) is 0 Å². The number of sulfonamides is 1. The number of imidazole rings is 1. The minimum absolute atomic E-state index is 0.124. The Labute approximate surface area is 140 Å². The van der Waals surface area contributed by atoms with Crippen molar-refractivity contribution in [3.05, 3.63) is 30.1 Å². The van der Waals surface area contributed by atoms with Crippen LogP contribution < -0.4 is 5.32 Å². The monoisotopic (exact) mass is 351 g/mol. The smallest absolute Gasteiger partial charge is 0.251 e. The number of carbonyl (C=O) groups is 1. The van der Waals surface area contributed by atoms with Crippen molar-refractivity contribution >= 4 is 27.0 Å². The highest BCUT2D eigenvalue weighted by atomic mass is 32.2. The maximum Gasteiger partial charge on any atom is 0.251 e. The Morgan fingerprint density at radius 3 is 2.75 bits per heavy atom. The predicted molar refractivity (Wildman–Crippen MR) is 91.3 cm³/mol. The molecule has 1 aromatic carbocycles. The van der Waals surface area contributed by atoms with Crippen LogP contribution in [0.25, 0.3) is 11.0 Å². The lowest BCUT2D eigenvalue weighted by Crippen LogP contribution is -2.49. The highest BCUT2D eigenvalue weighted by molar-refractivity contribution is 7.88. The van der Waals surface area contributed by atoms with Crippen LogP contribution in [0, 0.1) is 0 Å². The first-order chi connectivity index (χ1) is 11.4. The molecule has 0 unspecified atom stereocenters. The van der Waals surface area contributed by atoms with Gasteiger partial charge in [-0.25, -0.2) is 13.4 Å². The number of benzene rings is 1.